The lowest BCUT2D eigenvalue weighted by atomic mass is 9.81. The molecule has 0 unspecified atom stereocenters. The quantitative estimate of drug-likeness (QED) is 0.663. The second-order valence-corrected chi connectivity index (χ2v) is 8.08. The van der Waals surface area contributed by atoms with Crippen LogP contribution in [0.5, 0.6) is 0 Å². The first-order chi connectivity index (χ1) is 13.4. The highest BCUT2D eigenvalue weighted by Gasteiger charge is 2.42. The summed E-state index contributed by atoms with van der Waals surface area (Å²) < 4.78 is 2.25. The minimum atomic E-state index is -0.0955. The zero-order valence-corrected chi connectivity index (χ0v) is 18.9. The number of nitriles is 1. The summed E-state index contributed by atoms with van der Waals surface area (Å²) in [7, 11) is 2.11. The predicted octanol–water partition coefficient (Wildman–Crippen LogP) is 2.80. The SMILES string of the molecule is CCN(CCC#N)c1ccc(C=CC2=[N+](C)c3ccc(Cl)cc3C2(C)C)cc1.[Cl-]. The van der Waals surface area contributed by atoms with Crippen molar-refractivity contribution in [3.8, 4) is 6.07 Å². The smallest absolute Gasteiger partial charge is 0.209 e. The fraction of sp³-hybridized carbons (Fsp3) is 0.333. The van der Waals surface area contributed by atoms with E-state index in [1.807, 2.05) is 6.07 Å². The Hall–Kier alpha value is -2.28. The maximum absolute atomic E-state index is 8.82. The Morgan fingerprint density at radius 1 is 1.14 bits per heavy atom. The fourth-order valence-corrected chi connectivity index (χ4v) is 4.11. The number of benzene rings is 2. The fourth-order valence-electron chi connectivity index (χ4n) is 3.93. The van der Waals surface area contributed by atoms with E-state index in [0.717, 1.165) is 29.4 Å². The van der Waals surface area contributed by atoms with Crippen LogP contribution in [0.1, 0.15) is 38.3 Å². The summed E-state index contributed by atoms with van der Waals surface area (Å²) >= 11 is 6.24. The van der Waals surface area contributed by atoms with Crippen LogP contribution in [0.3, 0.4) is 0 Å². The lowest BCUT2D eigenvalue weighted by molar-refractivity contribution is -0.401. The number of allylic oxidation sites excluding steroid dienone is 1. The number of hydrogen-bond donors (Lipinski definition) is 0. The van der Waals surface area contributed by atoms with E-state index in [4.69, 9.17) is 16.9 Å². The van der Waals surface area contributed by atoms with Crippen LogP contribution in [0, 0.1) is 11.3 Å². The molecule has 2 aromatic rings. The molecule has 0 aliphatic carbocycles. The number of nitrogens with zero attached hydrogens (tertiary/aromatic N) is 3. The first-order valence-electron chi connectivity index (χ1n) is 9.69. The number of hydrogen-bond acceptors (Lipinski definition) is 2. The van der Waals surface area contributed by atoms with Crippen molar-refractivity contribution in [2.75, 3.05) is 25.0 Å². The molecule has 0 radical (unpaired) electrons. The standard InChI is InChI=1S/C24H27ClN3.ClH/c1-5-28(16-6-15-26)20-11-7-18(8-12-20)9-14-23-24(2,3)21-17-19(25)10-13-22(21)27(23)4;/h7-14,17H,5-6,16H2,1-4H3;1H/q+1;/p-1. The van der Waals surface area contributed by atoms with Crippen LogP contribution in [0.15, 0.2) is 48.5 Å². The molecule has 3 rings (SSSR count). The van der Waals surface area contributed by atoms with Gasteiger partial charge >= 0.3 is 0 Å². The Bertz CT molecular complexity index is 967. The molecule has 0 atom stereocenters. The minimum absolute atomic E-state index is 0. The summed E-state index contributed by atoms with van der Waals surface area (Å²) in [5, 5.41) is 9.60. The van der Waals surface area contributed by atoms with Crippen molar-refractivity contribution in [2.45, 2.75) is 32.6 Å². The zero-order chi connectivity index (χ0) is 20.3. The van der Waals surface area contributed by atoms with Crippen molar-refractivity contribution in [3.05, 3.63) is 64.7 Å². The Kier molecular flexibility index (Phi) is 7.52. The third-order valence-electron chi connectivity index (χ3n) is 5.56. The van der Waals surface area contributed by atoms with E-state index < -0.39 is 0 Å². The highest BCUT2D eigenvalue weighted by atomic mass is 35.5. The van der Waals surface area contributed by atoms with Gasteiger partial charge in [-0.05, 0) is 56.7 Å². The molecule has 1 aliphatic rings. The van der Waals surface area contributed by atoms with E-state index in [9.17, 15) is 0 Å². The molecule has 0 saturated heterocycles. The molecule has 1 heterocycles. The summed E-state index contributed by atoms with van der Waals surface area (Å²) in [6, 6.07) is 16.9. The number of rotatable bonds is 6. The Morgan fingerprint density at radius 3 is 2.45 bits per heavy atom. The average Bonchev–Trinajstić information content (AvgIpc) is 2.87. The normalized spacial score (nSPS) is 14.5. The van der Waals surface area contributed by atoms with Gasteiger partial charge in [-0.2, -0.15) is 9.84 Å². The van der Waals surface area contributed by atoms with Gasteiger partial charge in [0.15, 0.2) is 5.71 Å². The number of anilines is 1. The highest BCUT2D eigenvalue weighted by molar-refractivity contribution is 6.30. The first kappa shape index (κ1) is 23.0. The summed E-state index contributed by atoms with van der Waals surface area (Å²) in [5.41, 5.74) is 5.93. The number of fused-ring (bicyclic) bond motifs is 1. The van der Waals surface area contributed by atoms with Crippen molar-refractivity contribution < 1.29 is 17.0 Å². The molecule has 5 heteroatoms. The van der Waals surface area contributed by atoms with Gasteiger partial charge in [-0.25, -0.2) is 0 Å². The maximum atomic E-state index is 8.82. The van der Waals surface area contributed by atoms with Gasteiger partial charge in [0.25, 0.3) is 0 Å². The summed E-state index contributed by atoms with van der Waals surface area (Å²) in [4.78, 5) is 2.22. The van der Waals surface area contributed by atoms with E-state index in [0.29, 0.717) is 6.42 Å². The van der Waals surface area contributed by atoms with Gasteiger partial charge in [0.05, 0.1) is 17.9 Å². The molecular formula is C24H27Cl2N3. The van der Waals surface area contributed by atoms with E-state index in [2.05, 4.69) is 91.9 Å². The molecule has 0 bridgehead atoms. The van der Waals surface area contributed by atoms with E-state index in [1.54, 1.807) is 0 Å². The van der Waals surface area contributed by atoms with Gasteiger partial charge in [-0.3, -0.25) is 0 Å². The van der Waals surface area contributed by atoms with Crippen LogP contribution in [0.4, 0.5) is 11.4 Å². The highest BCUT2D eigenvalue weighted by Crippen LogP contribution is 2.40. The summed E-state index contributed by atoms with van der Waals surface area (Å²) in [5.74, 6) is 0. The average molecular weight is 428 g/mol. The second kappa shape index (κ2) is 9.48. The lowest BCUT2D eigenvalue weighted by Crippen LogP contribution is -3.00. The zero-order valence-electron chi connectivity index (χ0n) is 17.4. The molecule has 0 spiro atoms. The molecule has 0 aromatic heterocycles. The van der Waals surface area contributed by atoms with Crippen LogP contribution in [0.25, 0.3) is 6.08 Å². The van der Waals surface area contributed by atoms with Crippen LogP contribution in [0.2, 0.25) is 5.02 Å². The molecule has 152 valence electrons. The molecule has 0 saturated carbocycles. The van der Waals surface area contributed by atoms with Crippen LogP contribution < -0.4 is 17.3 Å². The van der Waals surface area contributed by atoms with Gasteiger partial charge in [0, 0.05) is 41.5 Å². The molecule has 0 fully saturated rings. The molecule has 2 aromatic carbocycles. The van der Waals surface area contributed by atoms with E-state index in [1.165, 1.54) is 17.0 Å². The molecule has 0 N–H and O–H groups in total. The molecular weight excluding hydrogens is 401 g/mol. The molecule has 29 heavy (non-hydrogen) atoms. The third kappa shape index (κ3) is 4.66. The third-order valence-corrected chi connectivity index (χ3v) is 5.80. The van der Waals surface area contributed by atoms with Gasteiger partial charge in [-0.1, -0.05) is 23.7 Å². The topological polar surface area (TPSA) is 30.0 Å². The molecule has 3 nitrogen and oxygen atoms in total. The summed E-state index contributed by atoms with van der Waals surface area (Å²) in [6.45, 7) is 8.25. The molecule has 1 aliphatic heterocycles. The minimum Gasteiger partial charge on any atom is -1.00 e. The van der Waals surface area contributed by atoms with Crippen molar-refractivity contribution >= 4 is 34.8 Å². The lowest BCUT2D eigenvalue weighted by Gasteiger charge is -2.21. The van der Waals surface area contributed by atoms with Gasteiger partial charge in [0.2, 0.25) is 5.69 Å². The maximum Gasteiger partial charge on any atom is 0.209 e. The largest absolute Gasteiger partial charge is 1.00 e. The first-order valence-corrected chi connectivity index (χ1v) is 10.1. The van der Waals surface area contributed by atoms with Crippen LogP contribution >= 0.6 is 11.6 Å². The van der Waals surface area contributed by atoms with Crippen molar-refractivity contribution in [1.29, 1.82) is 5.26 Å². The van der Waals surface area contributed by atoms with Gasteiger partial charge in [0.1, 0.15) is 7.05 Å². The monoisotopic (exact) mass is 427 g/mol. The predicted molar refractivity (Wildman–Crippen MR) is 119 cm³/mol. The number of halogens is 2. The Morgan fingerprint density at radius 2 is 1.83 bits per heavy atom. The second-order valence-electron chi connectivity index (χ2n) is 7.64. The van der Waals surface area contributed by atoms with Crippen molar-refractivity contribution in [3.63, 3.8) is 0 Å². The Labute approximate surface area is 185 Å². The van der Waals surface area contributed by atoms with E-state index >= 15 is 0 Å². The van der Waals surface area contributed by atoms with Crippen molar-refractivity contribution in [2.24, 2.45) is 0 Å². The van der Waals surface area contributed by atoms with Crippen molar-refractivity contribution in [1.82, 2.24) is 0 Å². The van der Waals surface area contributed by atoms with Crippen LogP contribution in [-0.2, 0) is 5.41 Å². The van der Waals surface area contributed by atoms with Gasteiger partial charge in [-0.15, -0.1) is 0 Å². The summed E-state index contributed by atoms with van der Waals surface area (Å²) in [6.07, 6.45) is 4.91. The molecule has 0 amide bonds. The van der Waals surface area contributed by atoms with Crippen LogP contribution in [-0.4, -0.2) is 30.4 Å². The van der Waals surface area contributed by atoms with E-state index in [-0.39, 0.29) is 17.8 Å². The Balaban J connectivity index is 0.00000300. The van der Waals surface area contributed by atoms with Gasteiger partial charge < -0.3 is 17.3 Å².